The zero-order valence-corrected chi connectivity index (χ0v) is 20.4. The Balaban J connectivity index is 1.27. The molecule has 34 heavy (non-hydrogen) atoms. The third-order valence-corrected chi connectivity index (χ3v) is 8.93. The summed E-state index contributed by atoms with van der Waals surface area (Å²) in [6.07, 6.45) is 5.82. The van der Waals surface area contributed by atoms with Crippen LogP contribution in [0.5, 0.6) is 0 Å². The second-order valence-corrected chi connectivity index (χ2v) is 12.0. The van der Waals surface area contributed by atoms with E-state index in [9.17, 15) is 22.4 Å². The summed E-state index contributed by atoms with van der Waals surface area (Å²) in [6, 6.07) is 5.63. The zero-order chi connectivity index (χ0) is 24.1. The van der Waals surface area contributed by atoms with Gasteiger partial charge in [0.15, 0.2) is 9.84 Å². The van der Waals surface area contributed by atoms with Crippen molar-refractivity contribution in [1.29, 1.82) is 0 Å². The number of rotatable bonds is 7. The normalized spacial score (nSPS) is 24.1. The van der Waals surface area contributed by atoms with E-state index in [-0.39, 0.29) is 47.8 Å². The minimum absolute atomic E-state index is 0.0384. The summed E-state index contributed by atoms with van der Waals surface area (Å²) in [4.78, 5) is 31.8. The van der Waals surface area contributed by atoms with Crippen LogP contribution in [0.4, 0.5) is 10.1 Å². The van der Waals surface area contributed by atoms with E-state index in [1.807, 2.05) is 9.80 Å². The second kappa shape index (κ2) is 11.1. The molecular weight excluding hydrogens is 459 g/mol. The van der Waals surface area contributed by atoms with Crippen molar-refractivity contribution in [2.24, 2.45) is 0 Å². The monoisotopic (exact) mass is 494 g/mol. The lowest BCUT2D eigenvalue weighted by Gasteiger charge is -2.40. The number of piperazine rings is 1. The first kappa shape index (κ1) is 25.1. The first-order valence-electron chi connectivity index (χ1n) is 12.3. The van der Waals surface area contributed by atoms with E-state index in [0.29, 0.717) is 44.8 Å². The molecule has 10 heteroatoms. The maximum Gasteiger partial charge on any atom is 0.238 e. The van der Waals surface area contributed by atoms with Crippen molar-refractivity contribution in [1.82, 2.24) is 14.7 Å². The molecule has 1 aromatic carbocycles. The Kier molecular flexibility index (Phi) is 8.21. The van der Waals surface area contributed by atoms with Gasteiger partial charge in [-0.05, 0) is 43.5 Å². The maximum absolute atomic E-state index is 13.4. The van der Waals surface area contributed by atoms with E-state index in [4.69, 9.17) is 0 Å². The lowest BCUT2D eigenvalue weighted by molar-refractivity contribution is -0.138. The maximum atomic E-state index is 13.4. The van der Waals surface area contributed by atoms with Crippen molar-refractivity contribution in [2.75, 3.05) is 56.1 Å². The molecular formula is C24H35FN4O4S. The van der Waals surface area contributed by atoms with Crippen LogP contribution < -0.4 is 5.32 Å². The Bertz CT molecular complexity index is 958. The SMILES string of the molecule is O=C(CN1CCN(CC(=O)N(C2CCCCC2)C2CCS(=O)(=O)C2)CC1)Nc1ccc(F)cc1. The molecule has 1 atom stereocenters. The third kappa shape index (κ3) is 6.76. The highest BCUT2D eigenvalue weighted by Crippen LogP contribution is 2.28. The highest BCUT2D eigenvalue weighted by Gasteiger charge is 2.39. The van der Waals surface area contributed by atoms with E-state index in [1.165, 1.54) is 30.7 Å². The number of hydrogen-bond acceptors (Lipinski definition) is 6. The Morgan fingerprint density at radius 2 is 1.53 bits per heavy atom. The number of carbonyl (C=O) groups is 2. The number of anilines is 1. The highest BCUT2D eigenvalue weighted by atomic mass is 32.2. The third-order valence-electron chi connectivity index (χ3n) is 7.18. The molecule has 1 aromatic rings. The minimum Gasteiger partial charge on any atom is -0.335 e. The van der Waals surface area contributed by atoms with E-state index >= 15 is 0 Å². The number of carbonyl (C=O) groups excluding carboxylic acids is 2. The van der Waals surface area contributed by atoms with Crippen molar-refractivity contribution in [3.05, 3.63) is 30.1 Å². The van der Waals surface area contributed by atoms with Gasteiger partial charge in [0, 0.05) is 44.0 Å². The van der Waals surface area contributed by atoms with Crippen LogP contribution in [-0.4, -0.2) is 97.8 Å². The Morgan fingerprint density at radius 1 is 0.912 bits per heavy atom. The van der Waals surface area contributed by atoms with Gasteiger partial charge in [-0.2, -0.15) is 0 Å². The molecule has 0 spiro atoms. The van der Waals surface area contributed by atoms with Crippen molar-refractivity contribution in [3.8, 4) is 0 Å². The van der Waals surface area contributed by atoms with E-state index in [1.54, 1.807) is 0 Å². The van der Waals surface area contributed by atoms with E-state index in [0.717, 1.165) is 25.7 Å². The number of hydrogen-bond donors (Lipinski definition) is 1. The second-order valence-electron chi connectivity index (χ2n) is 9.76. The summed E-state index contributed by atoms with van der Waals surface area (Å²) in [7, 11) is -3.06. The number of sulfone groups is 1. The number of nitrogens with zero attached hydrogens (tertiary/aromatic N) is 3. The average Bonchev–Trinajstić information content (AvgIpc) is 3.16. The summed E-state index contributed by atoms with van der Waals surface area (Å²) < 4.78 is 37.2. The first-order chi connectivity index (χ1) is 16.3. The molecule has 0 radical (unpaired) electrons. The van der Waals surface area contributed by atoms with Gasteiger partial charge >= 0.3 is 0 Å². The van der Waals surface area contributed by atoms with Crippen molar-refractivity contribution in [3.63, 3.8) is 0 Å². The topological polar surface area (TPSA) is 90.0 Å². The Morgan fingerprint density at radius 3 is 2.12 bits per heavy atom. The average molecular weight is 495 g/mol. The van der Waals surface area contributed by atoms with E-state index in [2.05, 4.69) is 10.2 Å². The van der Waals surface area contributed by atoms with Gasteiger partial charge in [0.1, 0.15) is 5.82 Å². The molecule has 2 heterocycles. The lowest BCUT2D eigenvalue weighted by Crippen LogP contribution is -2.55. The first-order valence-corrected chi connectivity index (χ1v) is 14.1. The number of nitrogens with one attached hydrogen (secondary N) is 1. The minimum atomic E-state index is -3.06. The standard InChI is InChI=1S/C24H35FN4O4S/c25-19-6-8-20(9-7-19)26-23(30)16-27-11-13-28(14-12-27)17-24(31)29(21-4-2-1-3-5-21)22-10-15-34(32,33)18-22/h6-9,21-22H,1-5,10-18H2,(H,26,30). The summed E-state index contributed by atoms with van der Waals surface area (Å²) in [6.45, 7) is 3.24. The predicted molar refractivity (Wildman–Crippen MR) is 129 cm³/mol. The van der Waals surface area contributed by atoms with Crippen LogP contribution in [-0.2, 0) is 19.4 Å². The van der Waals surface area contributed by atoms with Crippen LogP contribution >= 0.6 is 0 Å². The molecule has 3 aliphatic rings. The van der Waals surface area contributed by atoms with Crippen LogP contribution in [0.15, 0.2) is 24.3 Å². The fourth-order valence-electron chi connectivity index (χ4n) is 5.37. The van der Waals surface area contributed by atoms with Gasteiger partial charge in [0.2, 0.25) is 11.8 Å². The highest BCUT2D eigenvalue weighted by molar-refractivity contribution is 7.91. The van der Waals surface area contributed by atoms with Gasteiger partial charge in [-0.25, -0.2) is 12.8 Å². The quantitative estimate of drug-likeness (QED) is 0.621. The van der Waals surface area contributed by atoms with Gasteiger partial charge in [-0.15, -0.1) is 0 Å². The molecule has 2 amide bonds. The summed E-state index contributed by atoms with van der Waals surface area (Å²) in [5.41, 5.74) is 0.562. The molecule has 2 aliphatic heterocycles. The van der Waals surface area contributed by atoms with Gasteiger partial charge in [0.05, 0.1) is 24.6 Å². The van der Waals surface area contributed by atoms with Crippen LogP contribution in [0.3, 0.4) is 0 Å². The van der Waals surface area contributed by atoms with Crippen LogP contribution in [0.25, 0.3) is 0 Å². The van der Waals surface area contributed by atoms with Crippen LogP contribution in [0.2, 0.25) is 0 Å². The largest absolute Gasteiger partial charge is 0.335 e. The van der Waals surface area contributed by atoms with Crippen molar-refractivity contribution in [2.45, 2.75) is 50.6 Å². The smallest absolute Gasteiger partial charge is 0.238 e. The molecule has 0 aromatic heterocycles. The van der Waals surface area contributed by atoms with Crippen molar-refractivity contribution >= 4 is 27.3 Å². The zero-order valence-electron chi connectivity index (χ0n) is 19.6. The Labute approximate surface area is 201 Å². The lowest BCUT2D eigenvalue weighted by atomic mass is 9.92. The fourth-order valence-corrected chi connectivity index (χ4v) is 7.09. The number of benzene rings is 1. The van der Waals surface area contributed by atoms with Crippen LogP contribution in [0.1, 0.15) is 38.5 Å². The summed E-state index contributed by atoms with van der Waals surface area (Å²) in [5.74, 6) is -0.197. The van der Waals surface area contributed by atoms with Gasteiger partial charge in [-0.3, -0.25) is 19.4 Å². The molecule has 0 bridgehead atoms. The van der Waals surface area contributed by atoms with Gasteiger partial charge in [0.25, 0.3) is 0 Å². The molecule has 1 aliphatic carbocycles. The number of amides is 2. The molecule has 4 rings (SSSR count). The molecule has 8 nitrogen and oxygen atoms in total. The molecule has 1 N–H and O–H groups in total. The molecule has 1 saturated carbocycles. The molecule has 3 fully saturated rings. The molecule has 2 saturated heterocycles. The summed E-state index contributed by atoms with van der Waals surface area (Å²) in [5, 5.41) is 2.78. The molecule has 1 unspecified atom stereocenters. The predicted octanol–water partition coefficient (Wildman–Crippen LogP) is 1.73. The van der Waals surface area contributed by atoms with E-state index < -0.39 is 9.84 Å². The molecule has 188 valence electrons. The number of halogens is 1. The Hall–Kier alpha value is -2.04. The fraction of sp³-hybridized carbons (Fsp3) is 0.667. The van der Waals surface area contributed by atoms with Gasteiger partial charge < -0.3 is 10.2 Å². The van der Waals surface area contributed by atoms with Crippen molar-refractivity contribution < 1.29 is 22.4 Å². The summed E-state index contributed by atoms with van der Waals surface area (Å²) >= 11 is 0. The van der Waals surface area contributed by atoms with Gasteiger partial charge in [-0.1, -0.05) is 19.3 Å². The van der Waals surface area contributed by atoms with Crippen LogP contribution in [0, 0.1) is 5.82 Å².